The van der Waals surface area contributed by atoms with Crippen molar-refractivity contribution in [2.45, 2.75) is 39.8 Å². The minimum atomic E-state index is -0.879. The highest BCUT2D eigenvalue weighted by atomic mass is 16.4. The van der Waals surface area contributed by atoms with Gasteiger partial charge in [0, 0.05) is 17.7 Å². The van der Waals surface area contributed by atoms with Crippen LogP contribution in [-0.4, -0.2) is 37.1 Å². The Morgan fingerprint density at radius 2 is 1.73 bits per heavy atom. The summed E-state index contributed by atoms with van der Waals surface area (Å²) < 4.78 is 0. The van der Waals surface area contributed by atoms with Crippen molar-refractivity contribution in [2.24, 2.45) is 0 Å². The van der Waals surface area contributed by atoms with Crippen molar-refractivity contribution in [2.75, 3.05) is 10.6 Å². The Labute approximate surface area is 215 Å². The molecule has 0 radical (unpaired) electrons. The third-order valence-electron chi connectivity index (χ3n) is 6.42. The van der Waals surface area contributed by atoms with Crippen LogP contribution in [0.15, 0.2) is 66.9 Å². The Bertz CT molecular complexity index is 1490. The van der Waals surface area contributed by atoms with Gasteiger partial charge in [-0.15, -0.1) is 0 Å². The molecule has 8 nitrogen and oxygen atoms in total. The van der Waals surface area contributed by atoms with E-state index >= 15 is 0 Å². The summed E-state index contributed by atoms with van der Waals surface area (Å²) in [6.45, 7) is 6.59. The van der Waals surface area contributed by atoms with E-state index in [-0.39, 0.29) is 0 Å². The largest absolute Gasteiger partial charge is 0.480 e. The van der Waals surface area contributed by atoms with Gasteiger partial charge in [0.05, 0.1) is 29.5 Å². The molecule has 8 heteroatoms. The minimum Gasteiger partial charge on any atom is -0.480 e. The third-order valence-corrected chi connectivity index (χ3v) is 6.42. The topological polar surface area (TPSA) is 119 Å². The van der Waals surface area contributed by atoms with E-state index in [0.717, 1.165) is 56.1 Å². The molecule has 1 atom stereocenters. The molecule has 2 aromatic heterocycles. The van der Waals surface area contributed by atoms with Gasteiger partial charge in [0.1, 0.15) is 11.9 Å². The lowest BCUT2D eigenvalue weighted by atomic mass is 10.0. The Morgan fingerprint density at radius 1 is 1.00 bits per heavy atom. The molecule has 3 aromatic carbocycles. The van der Waals surface area contributed by atoms with E-state index < -0.39 is 12.0 Å². The summed E-state index contributed by atoms with van der Waals surface area (Å²) in [5.74, 6) is 0.585. The lowest BCUT2D eigenvalue weighted by Gasteiger charge is -2.20. The minimum absolute atomic E-state index is 0.368. The van der Waals surface area contributed by atoms with Crippen LogP contribution in [-0.2, 0) is 17.8 Å². The van der Waals surface area contributed by atoms with E-state index in [1.54, 1.807) is 6.20 Å². The van der Waals surface area contributed by atoms with E-state index in [1.165, 1.54) is 0 Å². The van der Waals surface area contributed by atoms with E-state index in [0.29, 0.717) is 18.9 Å². The highest BCUT2D eigenvalue weighted by Crippen LogP contribution is 2.24. The number of fused-ring (bicyclic) bond motifs is 1. The highest BCUT2D eigenvalue weighted by molar-refractivity contribution is 5.79. The molecule has 0 amide bonds. The predicted molar refractivity (Wildman–Crippen MR) is 147 cm³/mol. The smallest absolute Gasteiger partial charge is 0.326 e. The molecule has 5 N–H and O–H groups in total. The van der Waals surface area contributed by atoms with Crippen molar-refractivity contribution < 1.29 is 9.90 Å². The number of anilines is 2. The second kappa shape index (κ2) is 10.2. The van der Waals surface area contributed by atoms with Gasteiger partial charge in [-0.2, -0.15) is 0 Å². The molecule has 37 heavy (non-hydrogen) atoms. The van der Waals surface area contributed by atoms with Crippen molar-refractivity contribution in [3.05, 3.63) is 94.8 Å². The van der Waals surface area contributed by atoms with Crippen LogP contribution in [0.1, 0.15) is 27.9 Å². The van der Waals surface area contributed by atoms with Gasteiger partial charge in [-0.1, -0.05) is 54.1 Å². The number of hydrogen-bond acceptors (Lipinski definition) is 5. The zero-order valence-corrected chi connectivity index (χ0v) is 21.1. The Kier molecular flexibility index (Phi) is 6.64. The number of nitrogens with one attached hydrogen (secondary N) is 4. The molecular weight excluding hydrogens is 464 g/mol. The molecule has 1 unspecified atom stereocenters. The fraction of sp³-hybridized carbons (Fsp3) is 0.207. The van der Waals surface area contributed by atoms with Gasteiger partial charge in [0.15, 0.2) is 0 Å². The first-order valence-electron chi connectivity index (χ1n) is 12.2. The number of benzene rings is 3. The summed E-state index contributed by atoms with van der Waals surface area (Å²) in [6, 6.07) is 19.1. The zero-order valence-electron chi connectivity index (χ0n) is 21.1. The molecule has 0 aliphatic carbocycles. The number of aryl methyl sites for hydroxylation is 3. The van der Waals surface area contributed by atoms with E-state index in [1.807, 2.05) is 69.3 Å². The summed E-state index contributed by atoms with van der Waals surface area (Å²) in [5, 5.41) is 16.4. The van der Waals surface area contributed by atoms with Gasteiger partial charge in [0.25, 0.3) is 0 Å². The van der Waals surface area contributed by atoms with Gasteiger partial charge in [0.2, 0.25) is 5.95 Å². The molecule has 0 saturated heterocycles. The fourth-order valence-electron chi connectivity index (χ4n) is 4.63. The summed E-state index contributed by atoms with van der Waals surface area (Å²) in [5.41, 5.74) is 8.83. The molecule has 5 rings (SSSR count). The normalized spacial score (nSPS) is 12.0. The monoisotopic (exact) mass is 494 g/mol. The number of aromatic amines is 2. The summed E-state index contributed by atoms with van der Waals surface area (Å²) in [7, 11) is 0. The number of para-hydroxylation sites is 2. The molecule has 0 aliphatic rings. The average molecular weight is 495 g/mol. The van der Waals surface area contributed by atoms with Crippen LogP contribution in [0.3, 0.4) is 0 Å². The molecule has 5 aromatic rings. The molecule has 0 spiro atoms. The lowest BCUT2D eigenvalue weighted by Crippen LogP contribution is -2.32. The van der Waals surface area contributed by atoms with Gasteiger partial charge in [-0.25, -0.2) is 14.8 Å². The number of carboxylic acids is 1. The van der Waals surface area contributed by atoms with Gasteiger partial charge >= 0.3 is 5.97 Å². The number of rotatable bonds is 9. The van der Waals surface area contributed by atoms with Crippen molar-refractivity contribution >= 4 is 28.6 Å². The molecule has 188 valence electrons. The van der Waals surface area contributed by atoms with E-state index in [4.69, 9.17) is 0 Å². The Hall–Kier alpha value is -4.59. The number of H-pyrrole nitrogens is 2. The van der Waals surface area contributed by atoms with Gasteiger partial charge in [-0.05, 0) is 49.6 Å². The number of carboxylic acid groups (broad SMARTS) is 1. The maximum Gasteiger partial charge on any atom is 0.326 e. The van der Waals surface area contributed by atoms with E-state index in [9.17, 15) is 9.90 Å². The summed E-state index contributed by atoms with van der Waals surface area (Å²) in [4.78, 5) is 27.6. The number of aliphatic carboxylic acids is 1. The second-order valence-corrected chi connectivity index (χ2v) is 9.42. The molecule has 0 fully saturated rings. The van der Waals surface area contributed by atoms with Crippen molar-refractivity contribution in [3.63, 3.8) is 0 Å². The summed E-state index contributed by atoms with van der Waals surface area (Å²) >= 11 is 0. The molecule has 2 heterocycles. The van der Waals surface area contributed by atoms with Crippen LogP contribution >= 0.6 is 0 Å². The maximum absolute atomic E-state index is 12.0. The first-order valence-corrected chi connectivity index (χ1v) is 12.2. The lowest BCUT2D eigenvalue weighted by molar-refractivity contribution is -0.137. The quantitative estimate of drug-likeness (QED) is 0.182. The van der Waals surface area contributed by atoms with Crippen molar-refractivity contribution in [3.8, 4) is 11.4 Å². The number of hydrogen-bond donors (Lipinski definition) is 5. The molecular formula is C29H30N6O2. The molecule has 0 aliphatic heterocycles. The fourth-order valence-corrected chi connectivity index (χ4v) is 4.63. The number of carbonyl (C=O) groups is 1. The maximum atomic E-state index is 12.0. The van der Waals surface area contributed by atoms with Crippen LogP contribution < -0.4 is 10.6 Å². The van der Waals surface area contributed by atoms with Crippen LogP contribution in [0.5, 0.6) is 0 Å². The second-order valence-electron chi connectivity index (χ2n) is 9.42. The van der Waals surface area contributed by atoms with Crippen molar-refractivity contribution in [1.82, 2.24) is 19.9 Å². The number of nitrogens with zero attached hydrogens (tertiary/aromatic N) is 2. The number of imidazole rings is 2. The van der Waals surface area contributed by atoms with E-state index in [2.05, 4.69) is 42.7 Å². The Balaban J connectivity index is 1.23. The van der Waals surface area contributed by atoms with Crippen LogP contribution in [0.2, 0.25) is 0 Å². The van der Waals surface area contributed by atoms with Gasteiger partial charge < -0.3 is 25.7 Å². The molecule has 0 bridgehead atoms. The standard InChI is InChI=1S/C29H30N6O2/c1-17-12-18(2)26(19(3)13-17)33-25(28(36)37)14-20-8-10-21(11-9-20)27-30-15-22(32-27)16-31-29-34-23-6-4-5-7-24(23)35-29/h4-13,15,25,33H,14,16H2,1-3H3,(H,30,32)(H,36,37)(H2,31,34,35). The summed E-state index contributed by atoms with van der Waals surface area (Å²) in [6.07, 6.45) is 2.17. The van der Waals surface area contributed by atoms with Crippen molar-refractivity contribution in [1.29, 1.82) is 0 Å². The average Bonchev–Trinajstić information content (AvgIpc) is 3.51. The highest BCUT2D eigenvalue weighted by Gasteiger charge is 2.20. The van der Waals surface area contributed by atoms with Gasteiger partial charge in [-0.3, -0.25) is 0 Å². The van der Waals surface area contributed by atoms with Crippen LogP contribution in [0.4, 0.5) is 11.6 Å². The first-order chi connectivity index (χ1) is 17.9. The number of aromatic nitrogens is 4. The first kappa shape index (κ1) is 24.1. The van der Waals surface area contributed by atoms with Crippen LogP contribution in [0.25, 0.3) is 22.4 Å². The molecule has 0 saturated carbocycles. The zero-order chi connectivity index (χ0) is 25.9. The Morgan fingerprint density at radius 3 is 2.43 bits per heavy atom. The van der Waals surface area contributed by atoms with Crippen LogP contribution in [0, 0.1) is 20.8 Å². The predicted octanol–water partition coefficient (Wildman–Crippen LogP) is 5.60. The third kappa shape index (κ3) is 5.48. The SMILES string of the molecule is Cc1cc(C)c(NC(Cc2ccc(-c3ncc(CNc4nc5ccccc5[nH]4)[nH]3)cc2)C(=O)O)c(C)c1.